The Morgan fingerprint density at radius 2 is 2.25 bits per heavy atom. The number of hydrogen-bond acceptors (Lipinski definition) is 2. The normalized spacial score (nSPS) is 14.8. The van der Waals surface area contributed by atoms with E-state index >= 15 is 0 Å². The van der Waals surface area contributed by atoms with E-state index in [1.54, 1.807) is 12.1 Å². The second-order valence-electron chi connectivity index (χ2n) is 4.03. The van der Waals surface area contributed by atoms with Crippen LogP contribution in [0.2, 0.25) is 5.02 Å². The molecule has 1 aliphatic carbocycles. The van der Waals surface area contributed by atoms with Gasteiger partial charge in [-0.25, -0.2) is 4.79 Å². The van der Waals surface area contributed by atoms with E-state index in [4.69, 9.17) is 21.4 Å². The molecular weight excluding hydrogens is 228 g/mol. The third kappa shape index (κ3) is 2.89. The Hall–Kier alpha value is -1.22. The first-order chi connectivity index (χ1) is 7.66. The molecular formula is C12H13ClO3. The van der Waals surface area contributed by atoms with Gasteiger partial charge in [0, 0.05) is 5.02 Å². The lowest BCUT2D eigenvalue weighted by atomic mass is 10.2. The molecule has 0 amide bonds. The van der Waals surface area contributed by atoms with Gasteiger partial charge < -0.3 is 9.84 Å². The predicted molar refractivity (Wildman–Crippen MR) is 61.2 cm³/mol. The molecule has 86 valence electrons. The number of benzene rings is 1. The van der Waals surface area contributed by atoms with E-state index in [0.29, 0.717) is 17.4 Å². The third-order valence-corrected chi connectivity index (χ3v) is 2.89. The zero-order valence-electron chi connectivity index (χ0n) is 8.78. The number of rotatable bonds is 5. The van der Waals surface area contributed by atoms with E-state index in [0.717, 1.165) is 12.3 Å². The van der Waals surface area contributed by atoms with Crippen molar-refractivity contribution >= 4 is 17.6 Å². The second kappa shape index (κ2) is 4.74. The van der Waals surface area contributed by atoms with Crippen molar-refractivity contribution in [1.29, 1.82) is 0 Å². The van der Waals surface area contributed by atoms with E-state index < -0.39 is 5.97 Å². The molecule has 1 N–H and O–H groups in total. The summed E-state index contributed by atoms with van der Waals surface area (Å²) in [5, 5.41) is 9.38. The van der Waals surface area contributed by atoms with E-state index in [1.165, 1.54) is 18.9 Å². The van der Waals surface area contributed by atoms with Crippen LogP contribution in [0.5, 0.6) is 5.75 Å². The lowest BCUT2D eigenvalue weighted by molar-refractivity contribution is 0.0692. The van der Waals surface area contributed by atoms with Gasteiger partial charge in [-0.15, -0.1) is 0 Å². The Labute approximate surface area is 99.0 Å². The maximum Gasteiger partial charge on any atom is 0.339 e. The molecule has 4 heteroatoms. The molecule has 0 atom stereocenters. The molecule has 0 saturated heterocycles. The number of halogens is 1. The van der Waals surface area contributed by atoms with Crippen molar-refractivity contribution in [2.45, 2.75) is 19.3 Å². The van der Waals surface area contributed by atoms with E-state index in [9.17, 15) is 4.79 Å². The molecule has 0 heterocycles. The van der Waals surface area contributed by atoms with Crippen molar-refractivity contribution < 1.29 is 14.6 Å². The Morgan fingerprint density at radius 1 is 1.50 bits per heavy atom. The van der Waals surface area contributed by atoms with Crippen molar-refractivity contribution in [3.8, 4) is 5.75 Å². The summed E-state index contributed by atoms with van der Waals surface area (Å²) in [5.41, 5.74) is 0.128. The van der Waals surface area contributed by atoms with Crippen LogP contribution in [-0.2, 0) is 0 Å². The molecule has 16 heavy (non-hydrogen) atoms. The number of ether oxygens (including phenoxy) is 1. The third-order valence-electron chi connectivity index (χ3n) is 2.65. The van der Waals surface area contributed by atoms with Crippen LogP contribution in [0.25, 0.3) is 0 Å². The van der Waals surface area contributed by atoms with Crippen LogP contribution < -0.4 is 4.74 Å². The Morgan fingerprint density at radius 3 is 2.88 bits per heavy atom. The summed E-state index contributed by atoms with van der Waals surface area (Å²) >= 11 is 5.74. The van der Waals surface area contributed by atoms with Gasteiger partial charge in [0.25, 0.3) is 0 Å². The van der Waals surface area contributed by atoms with Crippen molar-refractivity contribution in [2.24, 2.45) is 5.92 Å². The Bertz CT molecular complexity index is 399. The van der Waals surface area contributed by atoms with Gasteiger partial charge in [0.1, 0.15) is 11.3 Å². The van der Waals surface area contributed by atoms with Gasteiger partial charge in [0.05, 0.1) is 6.61 Å². The fourth-order valence-corrected chi connectivity index (χ4v) is 1.71. The molecule has 0 radical (unpaired) electrons. The van der Waals surface area contributed by atoms with Gasteiger partial charge in [-0.1, -0.05) is 24.4 Å². The molecule has 1 fully saturated rings. The summed E-state index contributed by atoms with van der Waals surface area (Å²) in [6.07, 6.45) is 3.55. The first-order valence-electron chi connectivity index (χ1n) is 5.32. The highest BCUT2D eigenvalue weighted by Crippen LogP contribution is 2.32. The summed E-state index contributed by atoms with van der Waals surface area (Å²) in [6, 6.07) is 4.66. The van der Waals surface area contributed by atoms with Crippen LogP contribution in [0.15, 0.2) is 18.2 Å². The molecule has 1 aromatic rings. The number of carboxylic acid groups (broad SMARTS) is 1. The number of carbonyl (C=O) groups is 1. The van der Waals surface area contributed by atoms with E-state index in [1.807, 2.05) is 0 Å². The summed E-state index contributed by atoms with van der Waals surface area (Å²) in [5.74, 6) is 0.169. The van der Waals surface area contributed by atoms with Crippen LogP contribution in [-0.4, -0.2) is 17.7 Å². The Balaban J connectivity index is 2.02. The zero-order chi connectivity index (χ0) is 11.5. The largest absolute Gasteiger partial charge is 0.493 e. The van der Waals surface area contributed by atoms with Gasteiger partial charge >= 0.3 is 5.97 Å². The molecule has 2 rings (SSSR count). The first kappa shape index (κ1) is 11.3. The minimum Gasteiger partial charge on any atom is -0.493 e. The summed E-state index contributed by atoms with van der Waals surface area (Å²) < 4.78 is 5.46. The quantitative estimate of drug-likeness (QED) is 0.860. The topological polar surface area (TPSA) is 46.5 Å². The fraction of sp³-hybridized carbons (Fsp3) is 0.417. The molecule has 0 aromatic heterocycles. The molecule has 1 aliphatic rings. The average molecular weight is 241 g/mol. The van der Waals surface area contributed by atoms with Crippen molar-refractivity contribution in [3.63, 3.8) is 0 Å². The van der Waals surface area contributed by atoms with Crippen molar-refractivity contribution in [3.05, 3.63) is 28.8 Å². The van der Waals surface area contributed by atoms with E-state index in [-0.39, 0.29) is 5.56 Å². The molecule has 0 bridgehead atoms. The van der Waals surface area contributed by atoms with Gasteiger partial charge in [0.2, 0.25) is 0 Å². The van der Waals surface area contributed by atoms with Gasteiger partial charge in [-0.3, -0.25) is 0 Å². The second-order valence-corrected chi connectivity index (χ2v) is 4.46. The fourth-order valence-electron chi connectivity index (χ4n) is 1.54. The molecule has 0 spiro atoms. The zero-order valence-corrected chi connectivity index (χ0v) is 9.54. The van der Waals surface area contributed by atoms with Crippen molar-refractivity contribution in [1.82, 2.24) is 0 Å². The molecule has 1 saturated carbocycles. The predicted octanol–water partition coefficient (Wildman–Crippen LogP) is 3.22. The van der Waals surface area contributed by atoms with Gasteiger partial charge in [0.15, 0.2) is 0 Å². The SMILES string of the molecule is O=C(O)c1cc(Cl)ccc1OCCC1CC1. The molecule has 3 nitrogen and oxygen atoms in total. The van der Waals surface area contributed by atoms with Gasteiger partial charge in [-0.2, -0.15) is 0 Å². The van der Waals surface area contributed by atoms with Crippen LogP contribution in [0, 0.1) is 5.92 Å². The average Bonchev–Trinajstić information content (AvgIpc) is 3.04. The minimum atomic E-state index is -1.01. The highest BCUT2D eigenvalue weighted by molar-refractivity contribution is 6.31. The summed E-state index contributed by atoms with van der Waals surface area (Å²) in [6.45, 7) is 0.576. The summed E-state index contributed by atoms with van der Waals surface area (Å²) in [7, 11) is 0. The molecule has 1 aromatic carbocycles. The highest BCUT2D eigenvalue weighted by atomic mass is 35.5. The standard InChI is InChI=1S/C12H13ClO3/c13-9-3-4-11(10(7-9)12(14)15)16-6-5-8-1-2-8/h3-4,7-8H,1-2,5-6H2,(H,14,15). The van der Waals surface area contributed by atoms with Gasteiger partial charge in [-0.05, 0) is 30.5 Å². The first-order valence-corrected chi connectivity index (χ1v) is 5.70. The Kier molecular flexibility index (Phi) is 3.34. The van der Waals surface area contributed by atoms with Crippen molar-refractivity contribution in [2.75, 3.05) is 6.61 Å². The molecule has 0 unspecified atom stereocenters. The monoisotopic (exact) mass is 240 g/mol. The lowest BCUT2D eigenvalue weighted by Gasteiger charge is -2.08. The number of aromatic carboxylic acids is 1. The summed E-state index contributed by atoms with van der Waals surface area (Å²) in [4.78, 5) is 10.9. The maximum absolute atomic E-state index is 10.9. The van der Waals surface area contributed by atoms with Crippen LogP contribution in [0.4, 0.5) is 0 Å². The number of carboxylic acids is 1. The van der Waals surface area contributed by atoms with Crippen LogP contribution in [0.3, 0.4) is 0 Å². The van der Waals surface area contributed by atoms with E-state index in [2.05, 4.69) is 0 Å². The van der Waals surface area contributed by atoms with Crippen LogP contribution >= 0.6 is 11.6 Å². The lowest BCUT2D eigenvalue weighted by Crippen LogP contribution is -2.04. The smallest absolute Gasteiger partial charge is 0.339 e. The maximum atomic E-state index is 10.9. The highest BCUT2D eigenvalue weighted by Gasteiger charge is 2.21. The number of hydrogen-bond donors (Lipinski definition) is 1. The van der Waals surface area contributed by atoms with Crippen LogP contribution in [0.1, 0.15) is 29.6 Å². The molecule has 0 aliphatic heterocycles. The minimum absolute atomic E-state index is 0.128.